The van der Waals surface area contributed by atoms with E-state index in [1.807, 2.05) is 4.90 Å². The normalized spacial score (nSPS) is 17.5. The summed E-state index contributed by atoms with van der Waals surface area (Å²) in [4.78, 5) is 2.00. The van der Waals surface area contributed by atoms with Crippen LogP contribution < -0.4 is 5.73 Å². The second-order valence-corrected chi connectivity index (χ2v) is 6.57. The molecule has 0 radical (unpaired) electrons. The molecule has 1 aliphatic heterocycles. The van der Waals surface area contributed by atoms with E-state index in [-0.39, 0.29) is 16.3 Å². The Morgan fingerprint density at radius 2 is 2.00 bits per heavy atom. The van der Waals surface area contributed by atoms with Crippen molar-refractivity contribution in [2.75, 3.05) is 44.3 Å². The number of benzene rings is 1. The lowest BCUT2D eigenvalue weighted by Crippen LogP contribution is -2.39. The highest BCUT2D eigenvalue weighted by Gasteiger charge is 2.19. The van der Waals surface area contributed by atoms with Gasteiger partial charge in [0, 0.05) is 19.6 Å². The molecule has 0 spiro atoms. The molecule has 5 nitrogen and oxygen atoms in total. The largest absolute Gasteiger partial charge is 0.396 e. The van der Waals surface area contributed by atoms with Crippen molar-refractivity contribution in [1.82, 2.24) is 4.90 Å². The molecule has 0 amide bonds. The maximum Gasteiger partial charge on any atom is 0.179 e. The van der Waals surface area contributed by atoms with Crippen molar-refractivity contribution < 1.29 is 17.5 Å². The van der Waals surface area contributed by atoms with Crippen molar-refractivity contribution in [3.8, 4) is 0 Å². The minimum Gasteiger partial charge on any atom is -0.396 e. The summed E-state index contributed by atoms with van der Waals surface area (Å²) in [6.07, 6.45) is 0. The zero-order chi connectivity index (χ0) is 13.9. The van der Waals surface area contributed by atoms with Gasteiger partial charge in [0.25, 0.3) is 0 Å². The third-order valence-electron chi connectivity index (χ3n) is 3.11. The highest BCUT2D eigenvalue weighted by molar-refractivity contribution is 7.91. The smallest absolute Gasteiger partial charge is 0.179 e. The third-order valence-corrected chi connectivity index (χ3v) is 4.80. The fourth-order valence-corrected chi connectivity index (χ4v) is 3.19. The molecule has 1 fully saturated rings. The first kappa shape index (κ1) is 14.2. The summed E-state index contributed by atoms with van der Waals surface area (Å²) in [6.45, 7) is 3.13. The van der Waals surface area contributed by atoms with Gasteiger partial charge in [-0.3, -0.25) is 4.90 Å². The van der Waals surface area contributed by atoms with Crippen molar-refractivity contribution in [1.29, 1.82) is 0 Å². The number of sulfone groups is 1. The number of nitrogens with two attached hydrogens (primary N) is 1. The lowest BCUT2D eigenvalue weighted by atomic mass is 10.3. The van der Waals surface area contributed by atoms with Crippen molar-refractivity contribution in [2.45, 2.75) is 4.90 Å². The lowest BCUT2D eigenvalue weighted by Gasteiger charge is -2.26. The topological polar surface area (TPSA) is 72.6 Å². The molecule has 0 saturated carbocycles. The number of nitrogens with zero attached hydrogens (tertiary/aromatic N) is 1. The molecular weight excluding hydrogens is 271 g/mol. The minimum atomic E-state index is -3.48. The van der Waals surface area contributed by atoms with E-state index in [0.29, 0.717) is 19.8 Å². The van der Waals surface area contributed by atoms with Gasteiger partial charge in [0.2, 0.25) is 0 Å². The van der Waals surface area contributed by atoms with Crippen LogP contribution >= 0.6 is 0 Å². The van der Waals surface area contributed by atoms with Gasteiger partial charge in [0.05, 0.1) is 29.5 Å². The van der Waals surface area contributed by atoms with E-state index in [0.717, 1.165) is 19.2 Å². The van der Waals surface area contributed by atoms with Gasteiger partial charge in [-0.2, -0.15) is 0 Å². The van der Waals surface area contributed by atoms with Crippen LogP contribution in [0.25, 0.3) is 0 Å². The number of nitrogen functional groups attached to an aromatic ring is 1. The molecule has 19 heavy (non-hydrogen) atoms. The quantitative estimate of drug-likeness (QED) is 0.818. The predicted molar refractivity (Wildman–Crippen MR) is 70.1 cm³/mol. The van der Waals surface area contributed by atoms with Crippen LogP contribution in [0.5, 0.6) is 0 Å². The van der Waals surface area contributed by atoms with Crippen LogP contribution in [0.1, 0.15) is 0 Å². The molecule has 1 aromatic carbocycles. The van der Waals surface area contributed by atoms with Gasteiger partial charge in [-0.1, -0.05) is 0 Å². The molecule has 0 aromatic heterocycles. The van der Waals surface area contributed by atoms with Crippen LogP contribution in [0.2, 0.25) is 0 Å². The Balaban J connectivity index is 2.02. The molecule has 1 aromatic rings. The van der Waals surface area contributed by atoms with Gasteiger partial charge < -0.3 is 10.5 Å². The van der Waals surface area contributed by atoms with Crippen molar-refractivity contribution >= 4 is 15.5 Å². The van der Waals surface area contributed by atoms with E-state index in [1.54, 1.807) is 0 Å². The van der Waals surface area contributed by atoms with Crippen molar-refractivity contribution in [3.05, 3.63) is 24.0 Å². The first-order chi connectivity index (χ1) is 8.99. The van der Waals surface area contributed by atoms with Crippen LogP contribution in [-0.4, -0.2) is 51.9 Å². The zero-order valence-corrected chi connectivity index (χ0v) is 11.3. The van der Waals surface area contributed by atoms with Crippen LogP contribution in [0, 0.1) is 5.82 Å². The van der Waals surface area contributed by atoms with Gasteiger partial charge in [0.15, 0.2) is 9.84 Å². The Labute approximate surface area is 112 Å². The number of anilines is 1. The summed E-state index contributed by atoms with van der Waals surface area (Å²) in [5.41, 5.74) is 5.28. The van der Waals surface area contributed by atoms with Crippen molar-refractivity contribution in [3.63, 3.8) is 0 Å². The molecule has 0 unspecified atom stereocenters. The maximum atomic E-state index is 13.3. The number of hydrogen-bond donors (Lipinski definition) is 1. The fourth-order valence-electron chi connectivity index (χ4n) is 1.89. The lowest BCUT2D eigenvalue weighted by molar-refractivity contribution is 0.0408. The number of hydrogen-bond acceptors (Lipinski definition) is 5. The SMILES string of the molecule is Nc1ccc(S(=O)(=O)CCN2CCOCC2)cc1F. The minimum absolute atomic E-state index is 0.0209. The zero-order valence-electron chi connectivity index (χ0n) is 10.5. The van der Waals surface area contributed by atoms with E-state index in [2.05, 4.69) is 0 Å². The average molecular weight is 288 g/mol. The van der Waals surface area contributed by atoms with Gasteiger partial charge >= 0.3 is 0 Å². The Morgan fingerprint density at radius 3 is 2.63 bits per heavy atom. The number of morpholine rings is 1. The van der Waals surface area contributed by atoms with E-state index in [9.17, 15) is 12.8 Å². The molecule has 1 saturated heterocycles. The molecule has 1 heterocycles. The molecule has 2 N–H and O–H groups in total. The van der Waals surface area contributed by atoms with E-state index < -0.39 is 15.7 Å². The van der Waals surface area contributed by atoms with Gasteiger partial charge in [-0.05, 0) is 18.2 Å². The molecule has 0 atom stereocenters. The van der Waals surface area contributed by atoms with Crippen LogP contribution in [-0.2, 0) is 14.6 Å². The van der Waals surface area contributed by atoms with Crippen molar-refractivity contribution in [2.24, 2.45) is 0 Å². The second kappa shape index (κ2) is 5.85. The number of rotatable bonds is 4. The van der Waals surface area contributed by atoms with E-state index in [1.165, 1.54) is 12.1 Å². The first-order valence-electron chi connectivity index (χ1n) is 6.07. The van der Waals surface area contributed by atoms with Crippen LogP contribution in [0.15, 0.2) is 23.1 Å². The predicted octanol–water partition coefficient (Wildman–Crippen LogP) is 0.514. The van der Waals surface area contributed by atoms with Gasteiger partial charge in [-0.25, -0.2) is 12.8 Å². The van der Waals surface area contributed by atoms with E-state index in [4.69, 9.17) is 10.5 Å². The first-order valence-corrected chi connectivity index (χ1v) is 7.72. The summed E-state index contributed by atoms with van der Waals surface area (Å²) < 4.78 is 42.6. The Hall–Kier alpha value is -1.18. The Morgan fingerprint density at radius 1 is 1.32 bits per heavy atom. The highest BCUT2D eigenvalue weighted by atomic mass is 32.2. The highest BCUT2D eigenvalue weighted by Crippen LogP contribution is 2.17. The second-order valence-electron chi connectivity index (χ2n) is 4.46. The Kier molecular flexibility index (Phi) is 4.38. The molecule has 1 aliphatic rings. The maximum absolute atomic E-state index is 13.3. The van der Waals surface area contributed by atoms with Gasteiger partial charge in [0.1, 0.15) is 5.82 Å². The average Bonchev–Trinajstić information content (AvgIpc) is 2.41. The summed E-state index contributed by atoms with van der Waals surface area (Å²) in [6, 6.07) is 3.59. The fraction of sp³-hybridized carbons (Fsp3) is 0.500. The van der Waals surface area contributed by atoms with Gasteiger partial charge in [-0.15, -0.1) is 0 Å². The van der Waals surface area contributed by atoms with Crippen LogP contribution in [0.3, 0.4) is 0 Å². The summed E-state index contributed by atoms with van der Waals surface area (Å²) in [7, 11) is -3.48. The Bertz CT molecular complexity index is 542. The molecular formula is C12H17FN2O3S. The summed E-state index contributed by atoms with van der Waals surface area (Å²) in [5.74, 6) is -0.733. The standard InChI is InChI=1S/C12H17FN2O3S/c13-11-9-10(1-2-12(11)14)19(16,17)8-5-15-3-6-18-7-4-15/h1-2,9H,3-8,14H2. The number of halogens is 1. The summed E-state index contributed by atoms with van der Waals surface area (Å²) in [5, 5.41) is 0. The molecule has 7 heteroatoms. The molecule has 2 rings (SSSR count). The van der Waals surface area contributed by atoms with E-state index >= 15 is 0 Å². The summed E-state index contributed by atoms with van der Waals surface area (Å²) >= 11 is 0. The monoisotopic (exact) mass is 288 g/mol. The van der Waals surface area contributed by atoms with Crippen LogP contribution in [0.4, 0.5) is 10.1 Å². The third kappa shape index (κ3) is 3.65. The number of ether oxygens (including phenoxy) is 1. The molecule has 0 bridgehead atoms. The molecule has 0 aliphatic carbocycles. The molecule has 106 valence electrons.